The molecule has 0 aromatic heterocycles. The van der Waals surface area contributed by atoms with E-state index < -0.39 is 21.9 Å². The molecule has 0 aromatic carbocycles. The predicted molar refractivity (Wildman–Crippen MR) is 141 cm³/mol. The van der Waals surface area contributed by atoms with Gasteiger partial charge in [-0.25, -0.2) is 9.13 Å². The Kier molecular flexibility index (Phi) is 16.9. The molecule has 0 aliphatic heterocycles. The van der Waals surface area contributed by atoms with Crippen LogP contribution in [-0.2, 0) is 18.0 Å². The van der Waals surface area contributed by atoms with Gasteiger partial charge >= 0.3 is 15.6 Å². The molecule has 0 aromatic rings. The lowest BCUT2D eigenvalue weighted by Gasteiger charge is -2.15. The summed E-state index contributed by atoms with van der Waals surface area (Å²) in [5.41, 5.74) is 6.14. The number of hydrogen-bond donors (Lipinski definition) is 4. The summed E-state index contributed by atoms with van der Waals surface area (Å²) in [6.07, 6.45) is 16.0. The van der Waals surface area contributed by atoms with E-state index in [1.807, 2.05) is 0 Å². The van der Waals surface area contributed by atoms with Crippen molar-refractivity contribution in [3.63, 3.8) is 0 Å². The first-order valence-electron chi connectivity index (χ1n) is 11.8. The third-order valence-electron chi connectivity index (χ3n) is 5.06. The molecule has 0 spiro atoms. The highest BCUT2D eigenvalue weighted by Crippen LogP contribution is 2.58. The van der Waals surface area contributed by atoms with Gasteiger partial charge in [0.25, 0.3) is 0 Å². The first-order valence-corrected chi connectivity index (χ1v) is 14.9. The maximum Gasteiger partial charge on any atom is 0.483 e. The zero-order valence-electron chi connectivity index (χ0n) is 21.9. The highest BCUT2D eigenvalue weighted by atomic mass is 31.3. The summed E-state index contributed by atoms with van der Waals surface area (Å²) < 4.78 is 30.0. The van der Waals surface area contributed by atoms with E-state index in [0.717, 1.165) is 44.9 Å². The van der Waals surface area contributed by atoms with Crippen molar-refractivity contribution < 1.29 is 37.8 Å². The van der Waals surface area contributed by atoms with Crippen molar-refractivity contribution >= 4 is 15.6 Å². The zero-order chi connectivity index (χ0) is 27.1. The predicted octanol–water partition coefficient (Wildman–Crippen LogP) is 7.40. The van der Waals surface area contributed by atoms with Crippen molar-refractivity contribution in [3.8, 4) is 0 Å². The molecule has 0 fully saturated rings. The summed E-state index contributed by atoms with van der Waals surface area (Å²) in [4.78, 5) is 26.4. The third-order valence-corrected chi connectivity index (χ3v) is 7.22. The second-order valence-electron chi connectivity index (χ2n) is 9.14. The van der Waals surface area contributed by atoms with Gasteiger partial charge in [0, 0.05) is 0 Å². The van der Waals surface area contributed by atoms with Crippen molar-refractivity contribution in [2.45, 2.75) is 99.2 Å². The standard InChI is InChI=1S/C25H44O8P2/c1-20(2)11-7-12-21(3)13-8-14-22(4)15-9-16-23(5)17-10-18-24(6)19-25(26)32-35(30,31)33-34(27,28)29/h11,13,15,17,19,25-26H,7-10,12,14,16,18H2,1-6H3,(H,30,31)(H2,27,28,29). The normalized spacial score (nSPS) is 16.7. The Bertz CT molecular complexity index is 889. The lowest BCUT2D eigenvalue weighted by Crippen LogP contribution is -2.08. The molecule has 2 atom stereocenters. The summed E-state index contributed by atoms with van der Waals surface area (Å²) in [6, 6.07) is 0. The molecule has 0 heterocycles. The second-order valence-corrected chi connectivity index (χ2v) is 11.9. The molecule has 35 heavy (non-hydrogen) atoms. The van der Waals surface area contributed by atoms with Crippen LogP contribution >= 0.6 is 15.6 Å². The molecule has 8 nitrogen and oxygen atoms in total. The lowest BCUT2D eigenvalue weighted by molar-refractivity contribution is 0.00108. The molecule has 0 aliphatic carbocycles. The van der Waals surface area contributed by atoms with Crippen LogP contribution in [-0.4, -0.2) is 26.1 Å². The van der Waals surface area contributed by atoms with Crippen LogP contribution in [0.15, 0.2) is 58.2 Å². The molecule has 0 bridgehead atoms. The molecule has 202 valence electrons. The van der Waals surface area contributed by atoms with Gasteiger partial charge in [-0.05, 0) is 99.0 Å². The van der Waals surface area contributed by atoms with E-state index in [1.165, 1.54) is 28.4 Å². The average molecular weight is 535 g/mol. The Morgan fingerprint density at radius 1 is 0.686 bits per heavy atom. The van der Waals surface area contributed by atoms with E-state index in [9.17, 15) is 19.1 Å². The van der Waals surface area contributed by atoms with Crippen LogP contribution in [0.1, 0.15) is 92.9 Å². The number of hydrogen-bond acceptors (Lipinski definition) is 5. The topological polar surface area (TPSA) is 134 Å². The maximum atomic E-state index is 11.4. The Morgan fingerprint density at radius 2 is 1.06 bits per heavy atom. The van der Waals surface area contributed by atoms with Crippen LogP contribution in [0.2, 0.25) is 0 Å². The summed E-state index contributed by atoms with van der Waals surface area (Å²) in [5.74, 6) is 0. The minimum Gasteiger partial charge on any atom is -0.364 e. The quantitative estimate of drug-likeness (QED) is 0.0861. The molecule has 4 N–H and O–H groups in total. The van der Waals surface area contributed by atoms with Crippen LogP contribution in [0.25, 0.3) is 0 Å². The maximum absolute atomic E-state index is 11.4. The second kappa shape index (κ2) is 17.4. The Labute approximate surface area is 211 Å². The van der Waals surface area contributed by atoms with Crippen LogP contribution in [0.3, 0.4) is 0 Å². The van der Waals surface area contributed by atoms with Gasteiger partial charge in [0.2, 0.25) is 0 Å². The summed E-state index contributed by atoms with van der Waals surface area (Å²) in [5, 5.41) is 9.69. The van der Waals surface area contributed by atoms with E-state index >= 15 is 0 Å². The Balaban J connectivity index is 4.36. The molecule has 0 aliphatic rings. The first-order chi connectivity index (χ1) is 16.1. The van der Waals surface area contributed by atoms with E-state index in [0.29, 0.717) is 12.0 Å². The number of aliphatic hydroxyl groups excluding tert-OH is 1. The molecule has 0 saturated carbocycles. The zero-order valence-corrected chi connectivity index (χ0v) is 23.7. The van der Waals surface area contributed by atoms with Crippen LogP contribution in [0.4, 0.5) is 0 Å². The van der Waals surface area contributed by atoms with Gasteiger partial charge < -0.3 is 19.8 Å². The van der Waals surface area contributed by atoms with E-state index in [-0.39, 0.29) is 0 Å². The molecule has 0 radical (unpaired) electrons. The number of rotatable bonds is 17. The first kappa shape index (κ1) is 33.9. The number of phosphoric acid groups is 2. The molecular formula is C25H44O8P2. The molecule has 2 unspecified atom stereocenters. The van der Waals surface area contributed by atoms with Crippen molar-refractivity contribution in [2.24, 2.45) is 0 Å². The largest absolute Gasteiger partial charge is 0.483 e. The SMILES string of the molecule is CC(C)=CCCC(C)=CCCC(C)=CCCC(C)=CCCC(C)=CC(O)OP(=O)(O)OP(=O)(O)O. The lowest BCUT2D eigenvalue weighted by atomic mass is 10.0. The van der Waals surface area contributed by atoms with E-state index in [1.54, 1.807) is 6.92 Å². The van der Waals surface area contributed by atoms with Gasteiger partial charge in [0.15, 0.2) is 6.29 Å². The third kappa shape index (κ3) is 21.9. The van der Waals surface area contributed by atoms with Gasteiger partial charge in [-0.3, -0.25) is 4.52 Å². The average Bonchev–Trinajstić information content (AvgIpc) is 2.64. The fourth-order valence-corrected chi connectivity index (χ4v) is 4.74. The highest BCUT2D eigenvalue weighted by molar-refractivity contribution is 7.60. The van der Waals surface area contributed by atoms with Crippen LogP contribution in [0.5, 0.6) is 0 Å². The molecule has 0 rings (SSSR count). The van der Waals surface area contributed by atoms with Crippen molar-refractivity contribution in [3.05, 3.63) is 58.2 Å². The minimum absolute atomic E-state index is 0.584. The summed E-state index contributed by atoms with van der Waals surface area (Å²) in [7, 11) is -10.3. The molecule has 0 amide bonds. The van der Waals surface area contributed by atoms with Gasteiger partial charge in [-0.15, -0.1) is 0 Å². The van der Waals surface area contributed by atoms with Crippen molar-refractivity contribution in [1.82, 2.24) is 0 Å². The monoisotopic (exact) mass is 534 g/mol. The Hall–Kier alpha value is -1.08. The Morgan fingerprint density at radius 3 is 1.43 bits per heavy atom. The summed E-state index contributed by atoms with van der Waals surface area (Å²) >= 11 is 0. The van der Waals surface area contributed by atoms with Crippen molar-refractivity contribution in [1.29, 1.82) is 0 Å². The fourth-order valence-electron chi connectivity index (χ4n) is 3.18. The minimum atomic E-state index is -5.22. The smallest absolute Gasteiger partial charge is 0.364 e. The molecule has 10 heteroatoms. The van der Waals surface area contributed by atoms with E-state index in [4.69, 9.17) is 9.79 Å². The number of allylic oxidation sites excluding steroid dienone is 9. The van der Waals surface area contributed by atoms with Crippen molar-refractivity contribution in [2.75, 3.05) is 0 Å². The van der Waals surface area contributed by atoms with Crippen LogP contribution in [0, 0.1) is 0 Å². The number of aliphatic hydroxyl groups is 1. The van der Waals surface area contributed by atoms with Gasteiger partial charge in [-0.2, -0.15) is 4.31 Å². The van der Waals surface area contributed by atoms with Gasteiger partial charge in [-0.1, -0.05) is 52.2 Å². The van der Waals surface area contributed by atoms with Gasteiger partial charge in [0.1, 0.15) is 0 Å². The van der Waals surface area contributed by atoms with Gasteiger partial charge in [0.05, 0.1) is 0 Å². The highest BCUT2D eigenvalue weighted by Gasteiger charge is 2.34. The van der Waals surface area contributed by atoms with E-state index in [2.05, 4.69) is 67.8 Å². The summed E-state index contributed by atoms with van der Waals surface area (Å²) in [6.45, 7) is 12.4. The number of phosphoric ester groups is 1. The van der Waals surface area contributed by atoms with Crippen LogP contribution < -0.4 is 0 Å². The molecular weight excluding hydrogens is 490 g/mol. The fraction of sp³-hybridized carbons (Fsp3) is 0.600. The molecule has 0 saturated heterocycles.